The fourth-order valence-electron chi connectivity index (χ4n) is 2.53. The minimum Gasteiger partial charge on any atom is -0.314 e. The second-order valence-electron chi connectivity index (χ2n) is 5.01. The van der Waals surface area contributed by atoms with E-state index in [1.807, 2.05) is 30.3 Å². The minimum atomic E-state index is 0.215. The molecular formula is C16H18N2O. The van der Waals surface area contributed by atoms with Crippen LogP contribution in [-0.4, -0.2) is 43.4 Å². The van der Waals surface area contributed by atoms with Crippen molar-refractivity contribution in [2.45, 2.75) is 0 Å². The van der Waals surface area contributed by atoms with Crippen molar-refractivity contribution in [1.29, 1.82) is 0 Å². The summed E-state index contributed by atoms with van der Waals surface area (Å²) in [6.07, 6.45) is 0. The summed E-state index contributed by atoms with van der Waals surface area (Å²) in [5.74, 6) is 0.215. The molecule has 2 aromatic rings. The molecular weight excluding hydrogens is 236 g/mol. The molecule has 2 aromatic carbocycles. The lowest BCUT2D eigenvalue weighted by atomic mass is 10.0. The van der Waals surface area contributed by atoms with Crippen molar-refractivity contribution in [1.82, 2.24) is 10.2 Å². The fraction of sp³-hybridized carbons (Fsp3) is 0.312. The SMILES string of the molecule is O=C(CN1CCNCC1)c1ccc2ccccc2c1. The van der Waals surface area contributed by atoms with Gasteiger partial charge in [-0.25, -0.2) is 0 Å². The topological polar surface area (TPSA) is 32.3 Å². The van der Waals surface area contributed by atoms with Gasteiger partial charge in [-0.05, 0) is 16.8 Å². The van der Waals surface area contributed by atoms with Gasteiger partial charge in [0.2, 0.25) is 0 Å². The summed E-state index contributed by atoms with van der Waals surface area (Å²) >= 11 is 0. The summed E-state index contributed by atoms with van der Waals surface area (Å²) in [6.45, 7) is 4.40. The molecule has 0 aliphatic carbocycles. The summed E-state index contributed by atoms with van der Waals surface area (Å²) in [5, 5.41) is 5.61. The first-order valence-electron chi connectivity index (χ1n) is 6.78. The predicted molar refractivity (Wildman–Crippen MR) is 77.6 cm³/mol. The molecule has 3 heteroatoms. The Hall–Kier alpha value is -1.71. The quantitative estimate of drug-likeness (QED) is 0.849. The van der Waals surface area contributed by atoms with E-state index in [4.69, 9.17) is 0 Å². The highest BCUT2D eigenvalue weighted by Crippen LogP contribution is 2.16. The van der Waals surface area contributed by atoms with Crippen LogP contribution in [0.5, 0.6) is 0 Å². The van der Waals surface area contributed by atoms with Crippen LogP contribution in [0.25, 0.3) is 10.8 Å². The highest BCUT2D eigenvalue weighted by molar-refractivity contribution is 6.01. The maximum absolute atomic E-state index is 12.3. The van der Waals surface area contributed by atoms with Gasteiger partial charge in [0.25, 0.3) is 0 Å². The van der Waals surface area contributed by atoms with Crippen LogP contribution in [0.4, 0.5) is 0 Å². The maximum Gasteiger partial charge on any atom is 0.176 e. The molecule has 1 fully saturated rings. The largest absolute Gasteiger partial charge is 0.314 e. The van der Waals surface area contributed by atoms with E-state index in [-0.39, 0.29) is 5.78 Å². The summed E-state index contributed by atoms with van der Waals surface area (Å²) < 4.78 is 0. The molecule has 0 saturated carbocycles. The first-order chi connectivity index (χ1) is 9.33. The summed E-state index contributed by atoms with van der Waals surface area (Å²) in [6, 6.07) is 14.1. The lowest BCUT2D eigenvalue weighted by Gasteiger charge is -2.26. The van der Waals surface area contributed by atoms with Crippen LogP contribution < -0.4 is 5.32 Å². The van der Waals surface area contributed by atoms with Crippen LogP contribution in [0.1, 0.15) is 10.4 Å². The smallest absolute Gasteiger partial charge is 0.176 e. The van der Waals surface area contributed by atoms with Crippen molar-refractivity contribution in [2.24, 2.45) is 0 Å². The number of benzene rings is 2. The summed E-state index contributed by atoms with van der Waals surface area (Å²) in [7, 11) is 0. The molecule has 0 radical (unpaired) electrons. The van der Waals surface area contributed by atoms with Gasteiger partial charge in [0.05, 0.1) is 6.54 Å². The van der Waals surface area contributed by atoms with E-state index in [1.54, 1.807) is 0 Å². The zero-order valence-corrected chi connectivity index (χ0v) is 10.9. The Morgan fingerprint density at radius 1 is 1.05 bits per heavy atom. The molecule has 0 unspecified atom stereocenters. The molecule has 98 valence electrons. The van der Waals surface area contributed by atoms with Gasteiger partial charge in [-0.1, -0.05) is 36.4 Å². The zero-order valence-electron chi connectivity index (χ0n) is 10.9. The third-order valence-corrected chi connectivity index (χ3v) is 3.65. The highest BCUT2D eigenvalue weighted by Gasteiger charge is 2.14. The Labute approximate surface area is 113 Å². The molecule has 0 amide bonds. The zero-order chi connectivity index (χ0) is 13.1. The number of fused-ring (bicyclic) bond motifs is 1. The van der Waals surface area contributed by atoms with Crippen molar-refractivity contribution in [3.8, 4) is 0 Å². The molecule has 0 spiro atoms. The molecule has 1 N–H and O–H groups in total. The molecule has 19 heavy (non-hydrogen) atoms. The number of piperazine rings is 1. The average molecular weight is 254 g/mol. The first-order valence-corrected chi connectivity index (χ1v) is 6.78. The third-order valence-electron chi connectivity index (χ3n) is 3.65. The maximum atomic E-state index is 12.3. The summed E-state index contributed by atoms with van der Waals surface area (Å²) in [4.78, 5) is 14.5. The van der Waals surface area contributed by atoms with E-state index in [9.17, 15) is 4.79 Å². The Morgan fingerprint density at radius 2 is 1.79 bits per heavy atom. The molecule has 1 aliphatic rings. The monoisotopic (exact) mass is 254 g/mol. The van der Waals surface area contributed by atoms with Crippen molar-refractivity contribution >= 4 is 16.6 Å². The minimum absolute atomic E-state index is 0.215. The molecule has 0 bridgehead atoms. The average Bonchev–Trinajstić information content (AvgIpc) is 2.48. The van der Waals surface area contributed by atoms with E-state index < -0.39 is 0 Å². The predicted octanol–water partition coefficient (Wildman–Crippen LogP) is 1.93. The van der Waals surface area contributed by atoms with Gasteiger partial charge < -0.3 is 5.32 Å². The first kappa shape index (κ1) is 12.3. The molecule has 1 saturated heterocycles. The van der Waals surface area contributed by atoms with E-state index in [0.29, 0.717) is 6.54 Å². The lowest BCUT2D eigenvalue weighted by Crippen LogP contribution is -2.45. The molecule has 1 aliphatic heterocycles. The lowest BCUT2D eigenvalue weighted by molar-refractivity contribution is 0.0921. The number of nitrogens with one attached hydrogen (secondary N) is 1. The van der Waals surface area contributed by atoms with Crippen LogP contribution in [-0.2, 0) is 0 Å². The van der Waals surface area contributed by atoms with Crippen molar-refractivity contribution in [2.75, 3.05) is 32.7 Å². The van der Waals surface area contributed by atoms with Crippen molar-refractivity contribution in [3.63, 3.8) is 0 Å². The van der Waals surface area contributed by atoms with E-state index >= 15 is 0 Å². The van der Waals surface area contributed by atoms with Crippen molar-refractivity contribution in [3.05, 3.63) is 48.0 Å². The number of hydrogen-bond acceptors (Lipinski definition) is 3. The van der Waals surface area contributed by atoms with Crippen LogP contribution in [0.3, 0.4) is 0 Å². The fourth-order valence-corrected chi connectivity index (χ4v) is 2.53. The second-order valence-corrected chi connectivity index (χ2v) is 5.01. The van der Waals surface area contributed by atoms with E-state index in [1.165, 1.54) is 5.39 Å². The van der Waals surface area contributed by atoms with E-state index in [2.05, 4.69) is 22.3 Å². The number of ketones is 1. The van der Waals surface area contributed by atoms with Crippen LogP contribution in [0.2, 0.25) is 0 Å². The number of nitrogens with zero attached hydrogens (tertiary/aromatic N) is 1. The van der Waals surface area contributed by atoms with Gasteiger partial charge in [0, 0.05) is 31.7 Å². The molecule has 0 aromatic heterocycles. The number of carbonyl (C=O) groups is 1. The Balaban J connectivity index is 1.77. The van der Waals surface area contributed by atoms with Gasteiger partial charge in [0.15, 0.2) is 5.78 Å². The van der Waals surface area contributed by atoms with Gasteiger partial charge in [-0.15, -0.1) is 0 Å². The van der Waals surface area contributed by atoms with E-state index in [0.717, 1.165) is 37.1 Å². The van der Waals surface area contributed by atoms with Crippen LogP contribution in [0.15, 0.2) is 42.5 Å². The van der Waals surface area contributed by atoms with Crippen LogP contribution >= 0.6 is 0 Å². The summed E-state index contributed by atoms with van der Waals surface area (Å²) in [5.41, 5.74) is 0.817. The normalized spacial score (nSPS) is 16.6. The Kier molecular flexibility index (Phi) is 3.58. The standard InChI is InChI=1S/C16H18N2O/c19-16(12-18-9-7-17-8-10-18)15-6-5-13-3-1-2-4-14(13)11-15/h1-6,11,17H,7-10,12H2. The molecule has 3 rings (SSSR count). The number of hydrogen-bond donors (Lipinski definition) is 1. The highest BCUT2D eigenvalue weighted by atomic mass is 16.1. The second kappa shape index (κ2) is 5.51. The van der Waals surface area contributed by atoms with Crippen LogP contribution in [0, 0.1) is 0 Å². The number of Topliss-reactive ketones (excluding diaryl/α,β-unsaturated/α-hetero) is 1. The van der Waals surface area contributed by atoms with Gasteiger partial charge in [-0.3, -0.25) is 9.69 Å². The molecule has 3 nitrogen and oxygen atoms in total. The van der Waals surface area contributed by atoms with Gasteiger partial charge >= 0.3 is 0 Å². The third kappa shape index (κ3) is 2.83. The number of carbonyl (C=O) groups excluding carboxylic acids is 1. The van der Waals surface area contributed by atoms with Gasteiger partial charge in [-0.2, -0.15) is 0 Å². The molecule has 1 heterocycles. The Morgan fingerprint density at radius 3 is 2.58 bits per heavy atom. The molecule has 0 atom stereocenters. The van der Waals surface area contributed by atoms with Crippen molar-refractivity contribution < 1.29 is 4.79 Å². The van der Waals surface area contributed by atoms with Gasteiger partial charge in [0.1, 0.15) is 0 Å². The Bertz CT molecular complexity index is 588. The number of rotatable bonds is 3.